The van der Waals surface area contributed by atoms with Gasteiger partial charge >= 0.3 is 5.97 Å². The van der Waals surface area contributed by atoms with Gasteiger partial charge in [-0.2, -0.15) is 0 Å². The van der Waals surface area contributed by atoms with E-state index in [1.807, 2.05) is 6.92 Å². The summed E-state index contributed by atoms with van der Waals surface area (Å²) in [6.07, 6.45) is 2.02. The van der Waals surface area contributed by atoms with Crippen LogP contribution in [0.3, 0.4) is 0 Å². The molecule has 2 unspecified atom stereocenters. The van der Waals surface area contributed by atoms with Crippen LogP contribution in [0.25, 0.3) is 0 Å². The largest absolute Gasteiger partial charge is 0.481 e. The number of sulfone groups is 1. The fourth-order valence-electron chi connectivity index (χ4n) is 2.57. The lowest BCUT2D eigenvalue weighted by molar-refractivity contribution is -0.142. The van der Waals surface area contributed by atoms with E-state index in [0.717, 1.165) is 5.56 Å². The number of aryl methyl sites for hydroxylation is 1. The van der Waals surface area contributed by atoms with Crippen molar-refractivity contribution in [2.24, 2.45) is 5.92 Å². The molecule has 1 saturated carbocycles. The number of hydrogen-bond acceptors (Lipinski definition) is 3. The van der Waals surface area contributed by atoms with E-state index >= 15 is 0 Å². The van der Waals surface area contributed by atoms with Gasteiger partial charge < -0.3 is 5.11 Å². The lowest BCUT2D eigenvalue weighted by Crippen LogP contribution is -2.31. The molecule has 0 saturated heterocycles. The van der Waals surface area contributed by atoms with E-state index in [1.54, 1.807) is 24.3 Å². The number of carboxylic acids is 1. The monoisotopic (exact) mass is 282 g/mol. The molecule has 2 rings (SSSR count). The molecule has 1 aliphatic carbocycles. The first-order valence-corrected chi connectivity index (χ1v) is 7.99. The average molecular weight is 282 g/mol. The molecule has 0 aliphatic heterocycles. The summed E-state index contributed by atoms with van der Waals surface area (Å²) in [5.41, 5.74) is 1.01. The minimum absolute atomic E-state index is 0.228. The Bertz CT molecular complexity index is 560. The highest BCUT2D eigenvalue weighted by Crippen LogP contribution is 2.32. The third-order valence-electron chi connectivity index (χ3n) is 3.76. The molecule has 1 aromatic carbocycles. The first kappa shape index (κ1) is 14.1. The lowest BCUT2D eigenvalue weighted by Gasteiger charge is -2.26. The van der Waals surface area contributed by atoms with Crippen molar-refractivity contribution in [2.45, 2.75) is 42.8 Å². The van der Waals surface area contributed by atoms with Gasteiger partial charge in [-0.3, -0.25) is 4.79 Å². The van der Waals surface area contributed by atoms with Crippen molar-refractivity contribution in [1.82, 2.24) is 0 Å². The van der Waals surface area contributed by atoms with E-state index in [4.69, 9.17) is 5.11 Å². The average Bonchev–Trinajstić information content (AvgIpc) is 2.39. The molecule has 0 aromatic heterocycles. The molecule has 0 radical (unpaired) electrons. The Morgan fingerprint density at radius 2 is 1.84 bits per heavy atom. The molecular weight excluding hydrogens is 264 g/mol. The van der Waals surface area contributed by atoms with Crippen LogP contribution in [0.2, 0.25) is 0 Å². The number of hydrogen-bond donors (Lipinski definition) is 1. The van der Waals surface area contributed by atoms with Gasteiger partial charge in [-0.05, 0) is 38.3 Å². The van der Waals surface area contributed by atoms with E-state index < -0.39 is 27.0 Å². The minimum atomic E-state index is -3.41. The smallest absolute Gasteiger partial charge is 0.306 e. The maximum absolute atomic E-state index is 12.5. The summed E-state index contributed by atoms with van der Waals surface area (Å²) in [5.74, 6) is -1.41. The van der Waals surface area contributed by atoms with Crippen molar-refractivity contribution >= 4 is 15.8 Å². The van der Waals surface area contributed by atoms with Crippen molar-refractivity contribution in [3.63, 3.8) is 0 Å². The quantitative estimate of drug-likeness (QED) is 0.924. The number of carbonyl (C=O) groups is 1. The second kappa shape index (κ2) is 5.33. The van der Waals surface area contributed by atoms with Gasteiger partial charge in [0, 0.05) is 0 Å². The van der Waals surface area contributed by atoms with E-state index in [0.29, 0.717) is 24.2 Å². The van der Waals surface area contributed by atoms with Gasteiger partial charge in [0.25, 0.3) is 0 Å². The van der Waals surface area contributed by atoms with E-state index in [2.05, 4.69) is 0 Å². The Balaban J connectivity index is 2.24. The van der Waals surface area contributed by atoms with Gasteiger partial charge in [-0.25, -0.2) is 8.42 Å². The number of rotatable bonds is 3. The molecule has 5 heteroatoms. The van der Waals surface area contributed by atoms with Crippen LogP contribution in [0, 0.1) is 12.8 Å². The van der Waals surface area contributed by atoms with Crippen LogP contribution in [0.1, 0.15) is 31.2 Å². The highest BCUT2D eigenvalue weighted by molar-refractivity contribution is 7.92. The molecule has 0 heterocycles. The molecule has 19 heavy (non-hydrogen) atoms. The summed E-state index contributed by atoms with van der Waals surface area (Å²) in [7, 11) is -3.41. The number of carboxylic acid groups (broad SMARTS) is 1. The Kier molecular flexibility index (Phi) is 3.94. The molecule has 1 fully saturated rings. The predicted molar refractivity (Wildman–Crippen MR) is 71.7 cm³/mol. The van der Waals surface area contributed by atoms with Gasteiger partial charge in [0.05, 0.1) is 16.1 Å². The zero-order valence-corrected chi connectivity index (χ0v) is 11.7. The van der Waals surface area contributed by atoms with Crippen molar-refractivity contribution < 1.29 is 18.3 Å². The first-order chi connectivity index (χ1) is 8.91. The third-order valence-corrected chi connectivity index (χ3v) is 6.00. The molecule has 0 spiro atoms. The Labute approximate surface area is 113 Å². The molecule has 104 valence electrons. The van der Waals surface area contributed by atoms with Crippen LogP contribution in [0.15, 0.2) is 29.2 Å². The molecule has 1 aromatic rings. The highest BCUT2D eigenvalue weighted by atomic mass is 32.2. The van der Waals surface area contributed by atoms with E-state index in [1.165, 1.54) is 0 Å². The zero-order valence-electron chi connectivity index (χ0n) is 10.9. The summed E-state index contributed by atoms with van der Waals surface area (Å²) >= 11 is 0. The topological polar surface area (TPSA) is 71.4 Å². The maximum atomic E-state index is 12.5. The van der Waals surface area contributed by atoms with Gasteiger partial charge in [-0.15, -0.1) is 0 Å². The van der Waals surface area contributed by atoms with Crippen LogP contribution in [0.5, 0.6) is 0 Å². The van der Waals surface area contributed by atoms with Gasteiger partial charge in [0.15, 0.2) is 9.84 Å². The van der Waals surface area contributed by atoms with Gasteiger partial charge in [0.2, 0.25) is 0 Å². The van der Waals surface area contributed by atoms with Crippen LogP contribution < -0.4 is 0 Å². The zero-order chi connectivity index (χ0) is 14.0. The molecular formula is C14H18O4S. The van der Waals surface area contributed by atoms with E-state index in [-0.39, 0.29) is 6.42 Å². The van der Waals surface area contributed by atoms with Gasteiger partial charge in [0.1, 0.15) is 0 Å². The van der Waals surface area contributed by atoms with Crippen LogP contribution in [0.4, 0.5) is 0 Å². The summed E-state index contributed by atoms with van der Waals surface area (Å²) < 4.78 is 24.9. The fraction of sp³-hybridized carbons (Fsp3) is 0.500. The Morgan fingerprint density at radius 1 is 1.21 bits per heavy atom. The van der Waals surface area contributed by atoms with Crippen molar-refractivity contribution in [3.05, 3.63) is 29.8 Å². The number of benzene rings is 1. The Hall–Kier alpha value is -1.36. The standard InChI is InChI=1S/C14H18O4S/c1-10-5-7-12(8-6-10)19(17,18)13-4-2-3-11(9-13)14(15)16/h5-8,11,13H,2-4,9H2,1H3,(H,15,16). The molecule has 1 aliphatic rings. The molecule has 2 atom stereocenters. The summed E-state index contributed by atoms with van der Waals surface area (Å²) in [6.45, 7) is 1.90. The third kappa shape index (κ3) is 2.97. The second-order valence-corrected chi connectivity index (χ2v) is 7.41. The SMILES string of the molecule is Cc1ccc(S(=O)(=O)C2CCCC(C(=O)O)C2)cc1. The summed E-state index contributed by atoms with van der Waals surface area (Å²) in [4.78, 5) is 11.3. The molecule has 0 bridgehead atoms. The van der Waals surface area contributed by atoms with Crippen molar-refractivity contribution in [2.75, 3.05) is 0 Å². The molecule has 0 amide bonds. The van der Waals surface area contributed by atoms with Crippen LogP contribution in [-0.4, -0.2) is 24.7 Å². The minimum Gasteiger partial charge on any atom is -0.481 e. The van der Waals surface area contributed by atoms with Crippen LogP contribution >= 0.6 is 0 Å². The molecule has 4 nitrogen and oxygen atoms in total. The van der Waals surface area contributed by atoms with Crippen molar-refractivity contribution in [1.29, 1.82) is 0 Å². The lowest BCUT2D eigenvalue weighted by atomic mass is 9.89. The fourth-order valence-corrected chi connectivity index (χ4v) is 4.43. The highest BCUT2D eigenvalue weighted by Gasteiger charge is 2.35. The molecule has 1 N–H and O–H groups in total. The summed E-state index contributed by atoms with van der Waals surface area (Å²) in [6, 6.07) is 6.75. The van der Waals surface area contributed by atoms with Gasteiger partial charge in [-0.1, -0.05) is 24.1 Å². The second-order valence-electron chi connectivity index (χ2n) is 5.18. The van der Waals surface area contributed by atoms with E-state index in [9.17, 15) is 13.2 Å². The first-order valence-electron chi connectivity index (χ1n) is 6.44. The number of aliphatic carboxylic acids is 1. The summed E-state index contributed by atoms with van der Waals surface area (Å²) in [5, 5.41) is 8.47. The normalized spacial score (nSPS) is 24.1. The van der Waals surface area contributed by atoms with Crippen LogP contribution in [-0.2, 0) is 14.6 Å². The Morgan fingerprint density at radius 3 is 2.42 bits per heavy atom. The maximum Gasteiger partial charge on any atom is 0.306 e. The predicted octanol–water partition coefficient (Wildman–Crippen LogP) is 2.41. The van der Waals surface area contributed by atoms with Crippen molar-refractivity contribution in [3.8, 4) is 0 Å².